The molecule has 0 fully saturated rings. The molecule has 2 rings (SSSR count). The van der Waals surface area contributed by atoms with Crippen molar-refractivity contribution in [2.45, 2.75) is 13.5 Å². The lowest BCUT2D eigenvalue weighted by atomic mass is 10.2. The summed E-state index contributed by atoms with van der Waals surface area (Å²) in [5, 5.41) is 8.82. The van der Waals surface area contributed by atoms with Gasteiger partial charge in [0.05, 0.1) is 0 Å². The van der Waals surface area contributed by atoms with Crippen molar-refractivity contribution >= 4 is 0 Å². The van der Waals surface area contributed by atoms with Gasteiger partial charge in [-0.1, -0.05) is 17.7 Å². The minimum Gasteiger partial charge on any atom is -0.490 e. The van der Waals surface area contributed by atoms with Gasteiger partial charge >= 0.3 is 0 Å². The highest BCUT2D eigenvalue weighted by Crippen LogP contribution is 2.11. The molecule has 1 N–H and O–H groups in total. The minimum absolute atomic E-state index is 0.106. The van der Waals surface area contributed by atoms with E-state index >= 15 is 0 Å². The van der Waals surface area contributed by atoms with E-state index in [1.165, 1.54) is 12.3 Å². The lowest BCUT2D eigenvalue weighted by Crippen LogP contribution is -2.14. The summed E-state index contributed by atoms with van der Waals surface area (Å²) in [4.78, 5) is 11.6. The number of benzene rings is 1. The summed E-state index contributed by atoms with van der Waals surface area (Å²) in [6.45, 7) is 2.25. The van der Waals surface area contributed by atoms with E-state index < -0.39 is 0 Å². The molecule has 0 bridgehead atoms. The number of ether oxygens (including phenoxy) is 2. The van der Waals surface area contributed by atoms with Crippen LogP contribution in [0.15, 0.2) is 45.8 Å². The van der Waals surface area contributed by atoms with Crippen LogP contribution in [-0.4, -0.2) is 18.3 Å². The largest absolute Gasteiger partial charge is 0.490 e. The Hall–Kier alpha value is -2.27. The molecule has 1 aromatic carbocycles. The van der Waals surface area contributed by atoms with Crippen LogP contribution in [0.3, 0.4) is 0 Å². The van der Waals surface area contributed by atoms with Gasteiger partial charge < -0.3 is 19.0 Å². The topological polar surface area (TPSA) is 68.9 Å². The molecule has 0 saturated carbocycles. The molecular formula is C15H16O5. The van der Waals surface area contributed by atoms with Gasteiger partial charge in [-0.25, -0.2) is 0 Å². The molecule has 5 nitrogen and oxygen atoms in total. The zero-order chi connectivity index (χ0) is 14.4. The van der Waals surface area contributed by atoms with Crippen molar-refractivity contribution in [3.05, 3.63) is 58.1 Å². The van der Waals surface area contributed by atoms with Gasteiger partial charge in [0.1, 0.15) is 37.6 Å². The molecule has 0 saturated heterocycles. The second-order valence-corrected chi connectivity index (χ2v) is 4.24. The van der Waals surface area contributed by atoms with Crippen molar-refractivity contribution in [1.29, 1.82) is 0 Å². The van der Waals surface area contributed by atoms with Gasteiger partial charge in [0.15, 0.2) is 0 Å². The molecular weight excluding hydrogens is 260 g/mol. The fraction of sp³-hybridized carbons (Fsp3) is 0.267. The van der Waals surface area contributed by atoms with Gasteiger partial charge in [-0.2, -0.15) is 0 Å². The van der Waals surface area contributed by atoms with Gasteiger partial charge in [-0.05, 0) is 19.1 Å². The van der Waals surface area contributed by atoms with E-state index in [1.807, 2.05) is 31.2 Å². The van der Waals surface area contributed by atoms with E-state index in [-0.39, 0.29) is 30.2 Å². The molecule has 1 aromatic heterocycles. The maximum Gasteiger partial charge on any atom is 0.227 e. The Morgan fingerprint density at radius 1 is 1.15 bits per heavy atom. The van der Waals surface area contributed by atoms with Gasteiger partial charge in [0.25, 0.3) is 0 Å². The van der Waals surface area contributed by atoms with Crippen LogP contribution >= 0.6 is 0 Å². The standard InChI is InChI=1S/C15H16O5/c1-11-2-4-12(5-3-11)18-6-7-19-15-10-20-13(9-16)8-14(15)17/h2-5,8,10,16H,6-7,9H2,1H3. The van der Waals surface area contributed by atoms with E-state index in [9.17, 15) is 4.79 Å². The summed E-state index contributed by atoms with van der Waals surface area (Å²) < 4.78 is 15.7. The highest BCUT2D eigenvalue weighted by atomic mass is 16.5. The highest BCUT2D eigenvalue weighted by molar-refractivity contribution is 5.26. The summed E-state index contributed by atoms with van der Waals surface area (Å²) in [5.74, 6) is 1.06. The molecule has 0 aliphatic rings. The average molecular weight is 276 g/mol. The van der Waals surface area contributed by atoms with Gasteiger partial charge in [0.2, 0.25) is 11.2 Å². The molecule has 0 radical (unpaired) electrons. The lowest BCUT2D eigenvalue weighted by molar-refractivity contribution is 0.207. The van der Waals surface area contributed by atoms with Crippen molar-refractivity contribution in [2.24, 2.45) is 0 Å². The predicted molar refractivity (Wildman–Crippen MR) is 73.1 cm³/mol. The number of rotatable bonds is 6. The van der Waals surface area contributed by atoms with Crippen LogP contribution in [0.25, 0.3) is 0 Å². The molecule has 0 unspecified atom stereocenters. The number of hydrogen-bond donors (Lipinski definition) is 1. The molecule has 0 amide bonds. The zero-order valence-electron chi connectivity index (χ0n) is 11.2. The third kappa shape index (κ3) is 3.86. The molecule has 20 heavy (non-hydrogen) atoms. The van der Waals surface area contributed by atoms with Gasteiger partial charge in [-0.15, -0.1) is 0 Å². The number of aliphatic hydroxyl groups is 1. The SMILES string of the molecule is Cc1ccc(OCCOc2coc(CO)cc2=O)cc1. The minimum atomic E-state index is -0.323. The molecule has 0 aliphatic carbocycles. The van der Waals surface area contributed by atoms with Crippen LogP contribution in [0.5, 0.6) is 11.5 Å². The fourth-order valence-corrected chi connectivity index (χ4v) is 1.57. The molecule has 106 valence electrons. The van der Waals surface area contributed by atoms with E-state index in [0.717, 1.165) is 11.3 Å². The molecule has 0 atom stereocenters. The normalized spacial score (nSPS) is 10.3. The quantitative estimate of drug-likeness (QED) is 0.816. The molecule has 0 spiro atoms. The number of hydrogen-bond acceptors (Lipinski definition) is 5. The fourth-order valence-electron chi connectivity index (χ4n) is 1.57. The zero-order valence-corrected chi connectivity index (χ0v) is 11.2. The predicted octanol–water partition coefficient (Wildman–Crippen LogP) is 1.90. The average Bonchev–Trinajstić information content (AvgIpc) is 2.46. The Morgan fingerprint density at radius 2 is 1.85 bits per heavy atom. The first-order chi connectivity index (χ1) is 9.69. The summed E-state index contributed by atoms with van der Waals surface area (Å²) in [7, 11) is 0. The highest BCUT2D eigenvalue weighted by Gasteiger charge is 2.04. The van der Waals surface area contributed by atoms with Crippen molar-refractivity contribution in [3.8, 4) is 11.5 Å². The monoisotopic (exact) mass is 276 g/mol. The van der Waals surface area contributed by atoms with Crippen LogP contribution in [-0.2, 0) is 6.61 Å². The van der Waals surface area contributed by atoms with Crippen LogP contribution in [0, 0.1) is 6.92 Å². The van der Waals surface area contributed by atoms with E-state index in [4.69, 9.17) is 19.0 Å². The van der Waals surface area contributed by atoms with Gasteiger partial charge in [-0.3, -0.25) is 4.79 Å². The Bertz CT molecular complexity index is 600. The second kappa shape index (κ2) is 6.77. The lowest BCUT2D eigenvalue weighted by Gasteiger charge is -2.08. The molecule has 1 heterocycles. The first-order valence-electron chi connectivity index (χ1n) is 6.24. The van der Waals surface area contributed by atoms with Crippen molar-refractivity contribution in [2.75, 3.05) is 13.2 Å². The number of aryl methyl sites for hydroxylation is 1. The first-order valence-corrected chi connectivity index (χ1v) is 6.24. The van der Waals surface area contributed by atoms with Crippen LogP contribution in [0.2, 0.25) is 0 Å². The van der Waals surface area contributed by atoms with Crippen LogP contribution in [0.1, 0.15) is 11.3 Å². The van der Waals surface area contributed by atoms with Crippen molar-refractivity contribution in [1.82, 2.24) is 0 Å². The molecule has 2 aromatic rings. The summed E-state index contributed by atoms with van der Waals surface area (Å²) in [5.41, 5.74) is 0.839. The third-order valence-electron chi connectivity index (χ3n) is 2.64. The van der Waals surface area contributed by atoms with Crippen LogP contribution < -0.4 is 14.9 Å². The van der Waals surface area contributed by atoms with E-state index in [1.54, 1.807) is 0 Å². The summed E-state index contributed by atoms with van der Waals surface area (Å²) in [6, 6.07) is 8.87. The van der Waals surface area contributed by atoms with Crippen molar-refractivity contribution < 1.29 is 19.0 Å². The first kappa shape index (κ1) is 14.1. The van der Waals surface area contributed by atoms with Crippen molar-refractivity contribution in [3.63, 3.8) is 0 Å². The smallest absolute Gasteiger partial charge is 0.227 e. The Kier molecular flexibility index (Phi) is 4.79. The number of aliphatic hydroxyl groups excluding tert-OH is 1. The molecule has 0 aliphatic heterocycles. The van der Waals surface area contributed by atoms with Crippen LogP contribution in [0.4, 0.5) is 0 Å². The van der Waals surface area contributed by atoms with E-state index in [0.29, 0.717) is 6.61 Å². The van der Waals surface area contributed by atoms with Gasteiger partial charge in [0, 0.05) is 6.07 Å². The Morgan fingerprint density at radius 3 is 2.50 bits per heavy atom. The second-order valence-electron chi connectivity index (χ2n) is 4.24. The molecule has 5 heteroatoms. The maximum absolute atomic E-state index is 11.6. The summed E-state index contributed by atoms with van der Waals surface area (Å²) >= 11 is 0. The maximum atomic E-state index is 11.6. The Labute approximate surface area is 116 Å². The Balaban J connectivity index is 1.81. The summed E-state index contributed by atoms with van der Waals surface area (Å²) in [6.07, 6.45) is 1.19. The third-order valence-corrected chi connectivity index (χ3v) is 2.64. The van der Waals surface area contributed by atoms with E-state index in [2.05, 4.69) is 0 Å².